The van der Waals surface area contributed by atoms with Gasteiger partial charge >= 0.3 is 0 Å². The van der Waals surface area contributed by atoms with Crippen LogP contribution in [0, 0.1) is 0 Å². The standard InChI is InChI=1S/C12H10N2.C6H5NO/c1-3-7-11(8-4-1)13-14-12-9-5-2-6-10-12;8-5-6-3-1-2-4-7-6/h1-10H;1-5H. The maximum atomic E-state index is 9.94. The third kappa shape index (κ3) is 5.46. The molecule has 0 fully saturated rings. The van der Waals surface area contributed by atoms with Gasteiger partial charge in [-0.2, -0.15) is 10.2 Å². The molecule has 0 unspecified atom stereocenters. The number of aldehydes is 1. The molecule has 1 aromatic heterocycles. The van der Waals surface area contributed by atoms with Gasteiger partial charge in [0.25, 0.3) is 0 Å². The maximum absolute atomic E-state index is 9.94. The number of pyridine rings is 1. The summed E-state index contributed by atoms with van der Waals surface area (Å²) in [6.45, 7) is 0. The second-order valence-electron chi connectivity index (χ2n) is 4.24. The molecule has 0 saturated carbocycles. The molecule has 0 radical (unpaired) electrons. The van der Waals surface area contributed by atoms with Crippen LogP contribution in [0.15, 0.2) is 95.3 Å². The zero-order valence-electron chi connectivity index (χ0n) is 11.9. The minimum atomic E-state index is 0.479. The highest BCUT2D eigenvalue weighted by atomic mass is 16.1. The number of carbonyl (C=O) groups excluding carboxylic acids is 1. The lowest BCUT2D eigenvalue weighted by Gasteiger charge is -1.91. The first kappa shape index (κ1) is 15.3. The van der Waals surface area contributed by atoms with Gasteiger partial charge in [0.1, 0.15) is 5.69 Å². The number of rotatable bonds is 3. The third-order valence-corrected chi connectivity index (χ3v) is 2.60. The van der Waals surface area contributed by atoms with E-state index in [1.165, 1.54) is 0 Å². The molecule has 0 aliphatic rings. The lowest BCUT2D eigenvalue weighted by atomic mass is 10.3. The molecule has 0 amide bonds. The molecule has 0 saturated heterocycles. The average molecular weight is 289 g/mol. The van der Waals surface area contributed by atoms with E-state index in [0.717, 1.165) is 17.7 Å². The van der Waals surface area contributed by atoms with E-state index in [4.69, 9.17) is 0 Å². The number of hydrogen-bond donors (Lipinski definition) is 0. The number of carbonyl (C=O) groups is 1. The van der Waals surface area contributed by atoms with Crippen molar-refractivity contribution in [3.63, 3.8) is 0 Å². The van der Waals surface area contributed by atoms with Crippen LogP contribution >= 0.6 is 0 Å². The molecule has 3 aromatic rings. The van der Waals surface area contributed by atoms with Crippen LogP contribution in [-0.4, -0.2) is 11.3 Å². The molecule has 3 rings (SSSR count). The molecular weight excluding hydrogens is 274 g/mol. The largest absolute Gasteiger partial charge is 0.296 e. The summed E-state index contributed by atoms with van der Waals surface area (Å²) in [5.74, 6) is 0. The van der Waals surface area contributed by atoms with Crippen molar-refractivity contribution in [1.82, 2.24) is 4.98 Å². The second-order valence-corrected chi connectivity index (χ2v) is 4.24. The molecule has 22 heavy (non-hydrogen) atoms. The molecule has 4 heteroatoms. The van der Waals surface area contributed by atoms with E-state index in [2.05, 4.69) is 15.2 Å². The predicted octanol–water partition coefficient (Wildman–Crippen LogP) is 5.00. The zero-order chi connectivity index (χ0) is 15.5. The highest BCUT2D eigenvalue weighted by Crippen LogP contribution is 2.16. The van der Waals surface area contributed by atoms with Gasteiger partial charge in [-0.1, -0.05) is 42.5 Å². The molecule has 0 N–H and O–H groups in total. The summed E-state index contributed by atoms with van der Waals surface area (Å²) >= 11 is 0. The highest BCUT2D eigenvalue weighted by Gasteiger charge is 1.86. The van der Waals surface area contributed by atoms with Crippen LogP contribution in [0.4, 0.5) is 11.4 Å². The summed E-state index contributed by atoms with van der Waals surface area (Å²) in [5, 5.41) is 8.20. The highest BCUT2D eigenvalue weighted by molar-refractivity contribution is 5.71. The molecule has 0 aliphatic carbocycles. The molecule has 4 nitrogen and oxygen atoms in total. The van der Waals surface area contributed by atoms with Crippen molar-refractivity contribution in [2.24, 2.45) is 10.2 Å². The zero-order valence-corrected chi connectivity index (χ0v) is 11.9. The summed E-state index contributed by atoms with van der Waals surface area (Å²) in [6, 6.07) is 24.6. The van der Waals surface area contributed by atoms with E-state index in [1.54, 1.807) is 24.4 Å². The predicted molar refractivity (Wildman–Crippen MR) is 86.7 cm³/mol. The van der Waals surface area contributed by atoms with E-state index < -0.39 is 0 Å². The minimum Gasteiger partial charge on any atom is -0.296 e. The quantitative estimate of drug-likeness (QED) is 0.503. The maximum Gasteiger partial charge on any atom is 0.168 e. The fourth-order valence-electron chi connectivity index (χ4n) is 1.55. The van der Waals surface area contributed by atoms with Gasteiger partial charge in [0, 0.05) is 6.20 Å². The Morgan fingerprint density at radius 1 is 0.682 bits per heavy atom. The molecule has 0 spiro atoms. The Balaban J connectivity index is 0.000000188. The van der Waals surface area contributed by atoms with Gasteiger partial charge in [-0.05, 0) is 36.4 Å². The molecule has 0 bridgehead atoms. The second kappa shape index (κ2) is 8.92. The SMILES string of the molecule is O=Cc1ccccn1.c1ccc(N=Nc2ccccc2)cc1. The lowest BCUT2D eigenvalue weighted by Crippen LogP contribution is -1.80. The fourth-order valence-corrected chi connectivity index (χ4v) is 1.55. The number of hydrogen-bond acceptors (Lipinski definition) is 4. The summed E-state index contributed by atoms with van der Waals surface area (Å²) in [6.07, 6.45) is 2.31. The minimum absolute atomic E-state index is 0.479. The Labute approximate surface area is 129 Å². The van der Waals surface area contributed by atoms with E-state index in [0.29, 0.717) is 5.69 Å². The van der Waals surface area contributed by atoms with E-state index in [-0.39, 0.29) is 0 Å². The van der Waals surface area contributed by atoms with Crippen molar-refractivity contribution >= 4 is 17.7 Å². The first-order valence-corrected chi connectivity index (χ1v) is 6.76. The molecule has 0 atom stereocenters. The van der Waals surface area contributed by atoms with Crippen molar-refractivity contribution < 1.29 is 4.79 Å². The van der Waals surface area contributed by atoms with Gasteiger partial charge in [0.15, 0.2) is 6.29 Å². The van der Waals surface area contributed by atoms with Crippen molar-refractivity contribution in [2.45, 2.75) is 0 Å². The number of benzene rings is 2. The van der Waals surface area contributed by atoms with Crippen molar-refractivity contribution in [3.05, 3.63) is 90.8 Å². The number of aromatic nitrogens is 1. The normalized spacial score (nSPS) is 9.82. The molecule has 2 aromatic carbocycles. The Kier molecular flexibility index (Phi) is 6.18. The smallest absolute Gasteiger partial charge is 0.168 e. The van der Waals surface area contributed by atoms with Crippen LogP contribution < -0.4 is 0 Å². The Hall–Kier alpha value is -3.14. The van der Waals surface area contributed by atoms with Gasteiger partial charge in [-0.3, -0.25) is 9.78 Å². The van der Waals surface area contributed by atoms with Crippen LogP contribution in [0.5, 0.6) is 0 Å². The Morgan fingerprint density at radius 3 is 1.55 bits per heavy atom. The van der Waals surface area contributed by atoms with Crippen molar-refractivity contribution in [1.29, 1.82) is 0 Å². The van der Waals surface area contributed by atoms with Gasteiger partial charge in [-0.15, -0.1) is 0 Å². The monoisotopic (exact) mass is 289 g/mol. The van der Waals surface area contributed by atoms with Crippen molar-refractivity contribution in [3.8, 4) is 0 Å². The van der Waals surface area contributed by atoms with Crippen molar-refractivity contribution in [2.75, 3.05) is 0 Å². The Bertz CT molecular complexity index is 657. The van der Waals surface area contributed by atoms with E-state index >= 15 is 0 Å². The van der Waals surface area contributed by atoms with Crippen LogP contribution in [0.3, 0.4) is 0 Å². The van der Waals surface area contributed by atoms with Gasteiger partial charge in [0.05, 0.1) is 11.4 Å². The summed E-state index contributed by atoms with van der Waals surface area (Å²) in [4.78, 5) is 13.7. The van der Waals surface area contributed by atoms with Gasteiger partial charge in [0.2, 0.25) is 0 Å². The average Bonchev–Trinajstić information content (AvgIpc) is 2.63. The first-order valence-electron chi connectivity index (χ1n) is 6.76. The third-order valence-electron chi connectivity index (χ3n) is 2.60. The molecular formula is C18H15N3O. The topological polar surface area (TPSA) is 54.7 Å². The van der Waals surface area contributed by atoms with Crippen LogP contribution in [0.2, 0.25) is 0 Å². The van der Waals surface area contributed by atoms with Crippen LogP contribution in [0.1, 0.15) is 10.5 Å². The van der Waals surface area contributed by atoms with Gasteiger partial charge < -0.3 is 0 Å². The van der Waals surface area contributed by atoms with E-state index in [9.17, 15) is 4.79 Å². The van der Waals surface area contributed by atoms with Crippen LogP contribution in [0.25, 0.3) is 0 Å². The fraction of sp³-hybridized carbons (Fsp3) is 0. The molecule has 1 heterocycles. The summed E-state index contributed by atoms with van der Waals surface area (Å²) in [5.41, 5.74) is 2.22. The summed E-state index contributed by atoms with van der Waals surface area (Å²) in [7, 11) is 0. The molecule has 0 aliphatic heterocycles. The number of nitrogens with zero attached hydrogens (tertiary/aromatic N) is 3. The Morgan fingerprint density at radius 2 is 1.18 bits per heavy atom. The lowest BCUT2D eigenvalue weighted by molar-refractivity contribution is 0.111. The molecule has 108 valence electrons. The van der Waals surface area contributed by atoms with E-state index in [1.807, 2.05) is 60.7 Å². The first-order chi connectivity index (χ1) is 10.9. The summed E-state index contributed by atoms with van der Waals surface area (Å²) < 4.78 is 0. The number of azo groups is 1. The van der Waals surface area contributed by atoms with Crippen LogP contribution in [-0.2, 0) is 0 Å². The van der Waals surface area contributed by atoms with Gasteiger partial charge in [-0.25, -0.2) is 0 Å².